The van der Waals surface area contributed by atoms with Crippen LogP contribution in [0.4, 0.5) is 0 Å². The second-order valence-electron chi connectivity index (χ2n) is 6.05. The van der Waals surface area contributed by atoms with Gasteiger partial charge in [-0.1, -0.05) is 0 Å². The zero-order chi connectivity index (χ0) is 15.0. The molecule has 0 aliphatic carbocycles. The molecular weight excluding hydrogens is 282 g/mol. The van der Waals surface area contributed by atoms with E-state index in [-0.39, 0.29) is 29.8 Å². The Balaban J connectivity index is 2.06. The molecule has 2 saturated heterocycles. The van der Waals surface area contributed by atoms with Gasteiger partial charge in [0.15, 0.2) is 9.84 Å². The topological polar surface area (TPSA) is 91.8 Å². The second-order valence-corrected chi connectivity index (χ2v) is 8.28. The zero-order valence-electron chi connectivity index (χ0n) is 11.7. The lowest BCUT2D eigenvalue weighted by molar-refractivity contribution is -0.161. The number of likely N-dealkylation sites (tertiary alicyclic amines) is 1. The van der Waals surface area contributed by atoms with E-state index in [1.807, 2.05) is 0 Å². The Bertz CT molecular complexity index is 515. The molecule has 20 heavy (non-hydrogen) atoms. The highest BCUT2D eigenvalue weighted by Gasteiger charge is 2.44. The molecule has 0 aromatic heterocycles. The number of carbonyl (C=O) groups excluding carboxylic acids is 1. The molecule has 0 aromatic rings. The number of carboxylic acids is 1. The van der Waals surface area contributed by atoms with Crippen molar-refractivity contribution in [3.63, 3.8) is 0 Å². The number of hydrogen-bond acceptors (Lipinski definition) is 4. The van der Waals surface area contributed by atoms with Crippen LogP contribution in [0, 0.1) is 5.92 Å². The molecule has 0 bridgehead atoms. The van der Waals surface area contributed by atoms with Crippen LogP contribution in [0.5, 0.6) is 0 Å². The molecule has 114 valence electrons. The lowest BCUT2D eigenvalue weighted by atomic mass is 9.87. The first-order valence-corrected chi connectivity index (χ1v) is 8.81. The number of carbonyl (C=O) groups is 2. The van der Waals surface area contributed by atoms with E-state index in [2.05, 4.69) is 0 Å². The molecule has 2 rings (SSSR count). The van der Waals surface area contributed by atoms with Crippen molar-refractivity contribution in [2.45, 2.75) is 44.6 Å². The summed E-state index contributed by atoms with van der Waals surface area (Å²) in [6, 6.07) is 0. The summed E-state index contributed by atoms with van der Waals surface area (Å²) in [6.07, 6.45) is 2.70. The maximum atomic E-state index is 12.4. The first-order valence-electron chi connectivity index (χ1n) is 6.99. The third-order valence-electron chi connectivity index (χ3n) is 4.44. The van der Waals surface area contributed by atoms with Crippen molar-refractivity contribution in [1.29, 1.82) is 0 Å². The summed E-state index contributed by atoms with van der Waals surface area (Å²) in [7, 11) is -3.00. The Kier molecular flexibility index (Phi) is 4.09. The molecule has 7 heteroatoms. The van der Waals surface area contributed by atoms with E-state index in [0.717, 1.165) is 12.8 Å². The highest BCUT2D eigenvalue weighted by atomic mass is 32.2. The summed E-state index contributed by atoms with van der Waals surface area (Å²) in [5, 5.41) is 9.37. The van der Waals surface area contributed by atoms with Gasteiger partial charge in [-0.05, 0) is 38.5 Å². The Morgan fingerprint density at radius 2 is 2.05 bits per heavy atom. The van der Waals surface area contributed by atoms with Crippen molar-refractivity contribution in [3.05, 3.63) is 0 Å². The van der Waals surface area contributed by atoms with Gasteiger partial charge in [-0.2, -0.15) is 0 Å². The fourth-order valence-electron chi connectivity index (χ4n) is 3.13. The number of sulfone groups is 1. The van der Waals surface area contributed by atoms with Crippen LogP contribution in [-0.4, -0.2) is 53.9 Å². The van der Waals surface area contributed by atoms with E-state index in [9.17, 15) is 23.1 Å². The Morgan fingerprint density at radius 1 is 1.35 bits per heavy atom. The fourth-order valence-corrected chi connectivity index (χ4v) is 5.00. The van der Waals surface area contributed by atoms with Crippen LogP contribution in [0.3, 0.4) is 0 Å². The van der Waals surface area contributed by atoms with E-state index in [1.54, 1.807) is 6.92 Å². The number of aliphatic carboxylic acids is 1. The van der Waals surface area contributed by atoms with Gasteiger partial charge in [-0.25, -0.2) is 13.2 Å². The molecule has 0 aromatic carbocycles. The third kappa shape index (κ3) is 2.97. The zero-order valence-corrected chi connectivity index (χ0v) is 12.5. The van der Waals surface area contributed by atoms with Gasteiger partial charge in [0.2, 0.25) is 5.91 Å². The van der Waals surface area contributed by atoms with Gasteiger partial charge in [-0.15, -0.1) is 0 Å². The van der Waals surface area contributed by atoms with Crippen LogP contribution in [0.15, 0.2) is 0 Å². The number of rotatable bonds is 3. The molecule has 0 radical (unpaired) electrons. The number of amides is 1. The number of hydrogen-bond donors (Lipinski definition) is 1. The highest BCUT2D eigenvalue weighted by molar-refractivity contribution is 7.91. The van der Waals surface area contributed by atoms with Crippen molar-refractivity contribution >= 4 is 21.7 Å². The van der Waals surface area contributed by atoms with Crippen molar-refractivity contribution < 1.29 is 23.1 Å². The van der Waals surface area contributed by atoms with Gasteiger partial charge in [-0.3, -0.25) is 4.79 Å². The molecule has 2 aliphatic heterocycles. The molecule has 1 N–H and O–H groups in total. The van der Waals surface area contributed by atoms with Crippen LogP contribution in [-0.2, 0) is 19.4 Å². The van der Waals surface area contributed by atoms with Crippen molar-refractivity contribution in [3.8, 4) is 0 Å². The minimum atomic E-state index is -3.00. The van der Waals surface area contributed by atoms with E-state index < -0.39 is 21.3 Å². The minimum absolute atomic E-state index is 0.0520. The maximum absolute atomic E-state index is 12.4. The van der Waals surface area contributed by atoms with E-state index >= 15 is 0 Å². The standard InChI is InChI=1S/C13H21NO5S/c1-13(12(16)17)5-2-3-6-14(13)11(15)8-10-4-7-20(18,19)9-10/h10H,2-9H2,1H3,(H,16,17). The number of piperidine rings is 1. The van der Waals surface area contributed by atoms with Crippen LogP contribution in [0.1, 0.15) is 39.0 Å². The normalized spacial score (nSPS) is 33.0. The highest BCUT2D eigenvalue weighted by Crippen LogP contribution is 2.31. The quantitative estimate of drug-likeness (QED) is 0.827. The molecule has 6 nitrogen and oxygen atoms in total. The van der Waals surface area contributed by atoms with Gasteiger partial charge in [0.25, 0.3) is 0 Å². The predicted molar refractivity (Wildman–Crippen MR) is 73.0 cm³/mol. The number of nitrogens with zero attached hydrogens (tertiary/aromatic N) is 1. The molecule has 2 fully saturated rings. The average molecular weight is 303 g/mol. The Hall–Kier alpha value is -1.11. The summed E-state index contributed by atoms with van der Waals surface area (Å²) in [4.78, 5) is 25.2. The minimum Gasteiger partial charge on any atom is -0.480 e. The number of carboxylic acid groups (broad SMARTS) is 1. The lowest BCUT2D eigenvalue weighted by Crippen LogP contribution is -2.57. The monoisotopic (exact) mass is 303 g/mol. The van der Waals surface area contributed by atoms with Crippen LogP contribution < -0.4 is 0 Å². The summed E-state index contributed by atoms with van der Waals surface area (Å²) in [6.45, 7) is 2.03. The molecule has 2 unspecified atom stereocenters. The van der Waals surface area contributed by atoms with Gasteiger partial charge in [0.1, 0.15) is 5.54 Å². The first-order chi connectivity index (χ1) is 9.24. The van der Waals surface area contributed by atoms with Gasteiger partial charge in [0.05, 0.1) is 11.5 Å². The maximum Gasteiger partial charge on any atom is 0.329 e. The average Bonchev–Trinajstić information content (AvgIpc) is 2.68. The van der Waals surface area contributed by atoms with Crippen molar-refractivity contribution in [2.24, 2.45) is 5.92 Å². The summed E-state index contributed by atoms with van der Waals surface area (Å²) in [5.74, 6) is -1.17. The molecule has 2 atom stereocenters. The largest absolute Gasteiger partial charge is 0.480 e. The lowest BCUT2D eigenvalue weighted by Gasteiger charge is -2.42. The summed E-state index contributed by atoms with van der Waals surface area (Å²) < 4.78 is 22.8. The molecular formula is C13H21NO5S. The molecule has 2 heterocycles. The molecule has 0 saturated carbocycles. The van der Waals surface area contributed by atoms with Crippen molar-refractivity contribution in [1.82, 2.24) is 4.90 Å². The second kappa shape index (κ2) is 5.35. The third-order valence-corrected chi connectivity index (χ3v) is 6.28. The van der Waals surface area contributed by atoms with Crippen LogP contribution in [0.2, 0.25) is 0 Å². The molecule has 1 amide bonds. The molecule has 0 spiro atoms. The SMILES string of the molecule is CC1(C(=O)O)CCCCN1C(=O)CC1CCS(=O)(=O)C1. The van der Waals surface area contributed by atoms with E-state index in [0.29, 0.717) is 19.4 Å². The van der Waals surface area contributed by atoms with Crippen molar-refractivity contribution in [2.75, 3.05) is 18.1 Å². The van der Waals surface area contributed by atoms with Gasteiger partial charge in [0, 0.05) is 13.0 Å². The van der Waals surface area contributed by atoms with Gasteiger partial charge >= 0.3 is 5.97 Å². The molecule has 2 aliphatic rings. The predicted octanol–water partition coefficient (Wildman–Crippen LogP) is 0.667. The van der Waals surface area contributed by atoms with E-state index in [4.69, 9.17) is 0 Å². The van der Waals surface area contributed by atoms with Gasteiger partial charge < -0.3 is 10.0 Å². The Labute approximate surface area is 119 Å². The fraction of sp³-hybridized carbons (Fsp3) is 0.846. The van der Waals surface area contributed by atoms with Crippen LogP contribution in [0.25, 0.3) is 0 Å². The first kappa shape index (κ1) is 15.3. The van der Waals surface area contributed by atoms with Crippen LogP contribution >= 0.6 is 0 Å². The smallest absolute Gasteiger partial charge is 0.329 e. The Morgan fingerprint density at radius 3 is 2.60 bits per heavy atom. The summed E-state index contributed by atoms with van der Waals surface area (Å²) in [5.41, 5.74) is -1.15. The summed E-state index contributed by atoms with van der Waals surface area (Å²) >= 11 is 0. The van der Waals surface area contributed by atoms with E-state index in [1.165, 1.54) is 4.90 Å².